The largest absolute Gasteiger partial charge is 0.481 e. The van der Waals surface area contributed by atoms with Crippen LogP contribution in [0.5, 0.6) is 0 Å². The van der Waals surface area contributed by atoms with Gasteiger partial charge in [-0.15, -0.1) is 0 Å². The summed E-state index contributed by atoms with van der Waals surface area (Å²) >= 11 is 0. The summed E-state index contributed by atoms with van der Waals surface area (Å²) in [5.41, 5.74) is -1.89. The standard InChI is InChI=1S/C8H9F3O2/c9-8(10,11)7-2-1-4(3-7)5(7)6(12)13/h4-5H,1-3H2,(H,12,13)/t4-,5+,7-/m1/s1. The number of alkyl halides is 3. The van der Waals surface area contributed by atoms with E-state index in [2.05, 4.69) is 0 Å². The summed E-state index contributed by atoms with van der Waals surface area (Å²) in [5.74, 6) is -2.70. The van der Waals surface area contributed by atoms with Crippen molar-refractivity contribution in [3.8, 4) is 0 Å². The summed E-state index contributed by atoms with van der Waals surface area (Å²) in [6.07, 6.45) is -3.91. The molecule has 0 aromatic carbocycles. The number of hydrogen-bond donors (Lipinski definition) is 1. The molecule has 2 nitrogen and oxygen atoms in total. The second kappa shape index (κ2) is 2.19. The molecule has 0 saturated heterocycles. The molecule has 0 amide bonds. The Labute approximate surface area is 72.7 Å². The molecule has 0 aliphatic heterocycles. The minimum Gasteiger partial charge on any atom is -0.481 e. The minimum absolute atomic E-state index is 0.00185. The molecule has 0 unspecified atom stereocenters. The van der Waals surface area contributed by atoms with Crippen LogP contribution in [0.25, 0.3) is 0 Å². The fraction of sp³-hybridized carbons (Fsp3) is 0.875. The van der Waals surface area contributed by atoms with E-state index in [4.69, 9.17) is 5.11 Å². The SMILES string of the molecule is O=C(O)[C@@H]1[C@@H]2CC[C@@]1(C(F)(F)F)C2. The fourth-order valence-corrected chi connectivity index (χ4v) is 2.84. The maximum atomic E-state index is 12.5. The maximum Gasteiger partial charge on any atom is 0.395 e. The zero-order valence-electron chi connectivity index (χ0n) is 6.77. The molecule has 2 bridgehead atoms. The van der Waals surface area contributed by atoms with E-state index in [-0.39, 0.29) is 18.8 Å². The zero-order valence-corrected chi connectivity index (χ0v) is 6.77. The van der Waals surface area contributed by atoms with Crippen molar-refractivity contribution in [2.24, 2.45) is 17.3 Å². The first-order chi connectivity index (χ1) is 5.88. The summed E-state index contributed by atoms with van der Waals surface area (Å²) in [6.45, 7) is 0. The highest BCUT2D eigenvalue weighted by molar-refractivity contribution is 5.74. The highest BCUT2D eigenvalue weighted by Crippen LogP contribution is 2.69. The van der Waals surface area contributed by atoms with Gasteiger partial charge in [-0.2, -0.15) is 13.2 Å². The van der Waals surface area contributed by atoms with Gasteiger partial charge in [0.2, 0.25) is 0 Å². The van der Waals surface area contributed by atoms with E-state index in [1.54, 1.807) is 0 Å². The first-order valence-corrected chi connectivity index (χ1v) is 4.18. The molecular weight excluding hydrogens is 185 g/mol. The number of carboxylic acids is 1. The second-order valence-corrected chi connectivity index (χ2v) is 3.97. The first-order valence-electron chi connectivity index (χ1n) is 4.18. The van der Waals surface area contributed by atoms with Crippen LogP contribution >= 0.6 is 0 Å². The van der Waals surface area contributed by atoms with E-state index in [1.807, 2.05) is 0 Å². The van der Waals surface area contributed by atoms with Crippen LogP contribution in [-0.4, -0.2) is 17.3 Å². The summed E-state index contributed by atoms with van der Waals surface area (Å²) < 4.78 is 37.6. The van der Waals surface area contributed by atoms with Crippen LogP contribution in [0, 0.1) is 17.3 Å². The summed E-state index contributed by atoms with van der Waals surface area (Å²) in [4.78, 5) is 10.6. The fourth-order valence-electron chi connectivity index (χ4n) is 2.84. The molecule has 3 aliphatic carbocycles. The maximum absolute atomic E-state index is 12.5. The molecule has 3 saturated carbocycles. The van der Waals surface area contributed by atoms with Gasteiger partial charge in [-0.1, -0.05) is 0 Å². The van der Waals surface area contributed by atoms with E-state index >= 15 is 0 Å². The Hall–Kier alpha value is -0.740. The summed E-state index contributed by atoms with van der Waals surface area (Å²) in [5, 5.41) is 8.64. The molecule has 0 radical (unpaired) electrons. The van der Waals surface area contributed by atoms with Gasteiger partial charge in [-0.3, -0.25) is 4.79 Å². The van der Waals surface area contributed by atoms with Crippen LogP contribution in [0.15, 0.2) is 0 Å². The molecular formula is C8H9F3O2. The molecule has 3 fully saturated rings. The van der Waals surface area contributed by atoms with E-state index in [0.29, 0.717) is 6.42 Å². The molecule has 0 aromatic rings. The van der Waals surface area contributed by atoms with Crippen LogP contribution in [0.2, 0.25) is 0 Å². The molecule has 3 aliphatic rings. The summed E-state index contributed by atoms with van der Waals surface area (Å²) in [7, 11) is 0. The van der Waals surface area contributed by atoms with Gasteiger partial charge in [0, 0.05) is 0 Å². The molecule has 3 rings (SSSR count). The van der Waals surface area contributed by atoms with Gasteiger partial charge in [0.25, 0.3) is 0 Å². The van der Waals surface area contributed by atoms with Gasteiger partial charge in [0.15, 0.2) is 0 Å². The summed E-state index contributed by atoms with van der Waals surface area (Å²) in [6, 6.07) is 0. The highest BCUT2D eigenvalue weighted by Gasteiger charge is 2.73. The number of fused-ring (bicyclic) bond motifs is 1. The molecule has 13 heavy (non-hydrogen) atoms. The third-order valence-corrected chi connectivity index (χ3v) is 3.49. The van der Waals surface area contributed by atoms with Crippen LogP contribution in [0.3, 0.4) is 0 Å². The van der Waals surface area contributed by atoms with Crippen LogP contribution in [-0.2, 0) is 4.79 Å². The topological polar surface area (TPSA) is 37.3 Å². The van der Waals surface area contributed by atoms with Crippen LogP contribution < -0.4 is 0 Å². The van der Waals surface area contributed by atoms with Crippen molar-refractivity contribution in [3.05, 3.63) is 0 Å². The van der Waals surface area contributed by atoms with E-state index in [0.717, 1.165) is 0 Å². The van der Waals surface area contributed by atoms with Crippen LogP contribution in [0.1, 0.15) is 19.3 Å². The van der Waals surface area contributed by atoms with Gasteiger partial charge in [0.05, 0.1) is 11.3 Å². The number of halogens is 3. The van der Waals surface area contributed by atoms with E-state index < -0.39 is 23.5 Å². The van der Waals surface area contributed by atoms with Gasteiger partial charge >= 0.3 is 12.1 Å². The Morgan fingerprint density at radius 3 is 2.38 bits per heavy atom. The monoisotopic (exact) mass is 194 g/mol. The quantitative estimate of drug-likeness (QED) is 0.693. The van der Waals surface area contributed by atoms with Crippen molar-refractivity contribution >= 4 is 5.97 Å². The molecule has 1 N–H and O–H groups in total. The van der Waals surface area contributed by atoms with Gasteiger partial charge in [0.1, 0.15) is 0 Å². The van der Waals surface area contributed by atoms with E-state index in [9.17, 15) is 18.0 Å². The lowest BCUT2D eigenvalue weighted by Crippen LogP contribution is -2.53. The Morgan fingerprint density at radius 1 is 1.46 bits per heavy atom. The molecule has 0 aromatic heterocycles. The molecule has 5 heteroatoms. The Bertz CT molecular complexity index is 257. The Morgan fingerprint density at radius 2 is 2.08 bits per heavy atom. The van der Waals surface area contributed by atoms with Crippen molar-refractivity contribution in [2.75, 3.05) is 0 Å². The lowest BCUT2D eigenvalue weighted by molar-refractivity contribution is -0.268. The number of hydrogen-bond acceptors (Lipinski definition) is 1. The average Bonchev–Trinajstić information content (AvgIpc) is 2.35. The normalized spacial score (nSPS) is 43.0. The first kappa shape index (κ1) is 8.84. The number of rotatable bonds is 1. The Kier molecular flexibility index (Phi) is 1.49. The van der Waals surface area contributed by atoms with Crippen molar-refractivity contribution in [3.63, 3.8) is 0 Å². The molecule has 74 valence electrons. The molecule has 0 heterocycles. The van der Waals surface area contributed by atoms with Crippen LogP contribution in [0.4, 0.5) is 13.2 Å². The predicted octanol–water partition coefficient (Wildman–Crippen LogP) is 2.05. The Balaban J connectivity index is 2.30. The molecule has 3 atom stereocenters. The molecule has 0 spiro atoms. The third-order valence-electron chi connectivity index (χ3n) is 3.49. The lowest BCUT2D eigenvalue weighted by atomic mass is 9.60. The van der Waals surface area contributed by atoms with Crippen molar-refractivity contribution < 1.29 is 23.1 Å². The second-order valence-electron chi connectivity index (χ2n) is 3.97. The number of carboxylic acid groups (broad SMARTS) is 1. The minimum atomic E-state index is -4.34. The smallest absolute Gasteiger partial charge is 0.395 e. The lowest BCUT2D eigenvalue weighted by Gasteiger charge is -2.45. The van der Waals surface area contributed by atoms with E-state index in [1.165, 1.54) is 0 Å². The van der Waals surface area contributed by atoms with Gasteiger partial charge < -0.3 is 5.11 Å². The van der Waals surface area contributed by atoms with Gasteiger partial charge in [-0.25, -0.2) is 0 Å². The van der Waals surface area contributed by atoms with Crippen molar-refractivity contribution in [1.29, 1.82) is 0 Å². The van der Waals surface area contributed by atoms with Crippen molar-refractivity contribution in [1.82, 2.24) is 0 Å². The third kappa shape index (κ3) is 0.873. The predicted molar refractivity (Wildman–Crippen MR) is 37.0 cm³/mol. The zero-order chi connectivity index (χ0) is 9.85. The number of aliphatic carboxylic acids is 1. The highest BCUT2D eigenvalue weighted by atomic mass is 19.4. The van der Waals surface area contributed by atoms with Gasteiger partial charge in [-0.05, 0) is 25.2 Å². The van der Waals surface area contributed by atoms with Crippen molar-refractivity contribution in [2.45, 2.75) is 25.4 Å². The average molecular weight is 194 g/mol. The number of carbonyl (C=O) groups is 1.